The van der Waals surface area contributed by atoms with Crippen LogP contribution < -0.4 is 0 Å². The van der Waals surface area contributed by atoms with E-state index in [4.69, 9.17) is 11.6 Å². The lowest BCUT2D eigenvalue weighted by atomic mass is 10.3. The zero-order chi connectivity index (χ0) is 14.9. The van der Waals surface area contributed by atoms with Crippen molar-refractivity contribution in [3.8, 4) is 0 Å². The van der Waals surface area contributed by atoms with Gasteiger partial charge in [-0.15, -0.1) is 0 Å². The highest BCUT2D eigenvalue weighted by atomic mass is 35.5. The maximum Gasteiger partial charge on any atom is 0.319 e. The Morgan fingerprint density at radius 1 is 1.60 bits per heavy atom. The van der Waals surface area contributed by atoms with E-state index >= 15 is 0 Å². The Kier molecular flexibility index (Phi) is 3.70. The molecule has 0 bridgehead atoms. The summed E-state index contributed by atoms with van der Waals surface area (Å²) in [4.78, 5) is 23.6. The van der Waals surface area contributed by atoms with Gasteiger partial charge in [0.25, 0.3) is 5.91 Å². The number of nitrogens with zero attached hydrogens (tertiary/aromatic N) is 5. The molecular weight excluding hydrogens is 288 g/mol. The Morgan fingerprint density at radius 2 is 2.30 bits per heavy atom. The minimum absolute atomic E-state index is 0.171. The predicted octanol–water partition coefficient (Wildman–Crippen LogP) is 0.977. The number of amides is 1. The Hall–Kier alpha value is -2.42. The zero-order valence-electron chi connectivity index (χ0n) is 10.7. The van der Waals surface area contributed by atoms with Crippen LogP contribution in [-0.2, 0) is 13.6 Å². The third-order valence-electron chi connectivity index (χ3n) is 2.77. The van der Waals surface area contributed by atoms with Gasteiger partial charge in [0.05, 0.1) is 28.4 Å². The summed E-state index contributed by atoms with van der Waals surface area (Å²) >= 11 is 5.95. The fourth-order valence-electron chi connectivity index (χ4n) is 1.68. The van der Waals surface area contributed by atoms with Crippen LogP contribution in [0.5, 0.6) is 0 Å². The SMILES string of the molecule is CN(Cc1c(Cl)cnn1C)C(=O)c1[nH]ncc1[N+](=O)[O-]. The average Bonchev–Trinajstić information content (AvgIpc) is 2.99. The van der Waals surface area contributed by atoms with E-state index in [1.54, 1.807) is 7.05 Å². The zero-order valence-corrected chi connectivity index (χ0v) is 11.5. The molecule has 10 heteroatoms. The number of rotatable bonds is 4. The summed E-state index contributed by atoms with van der Waals surface area (Å²) in [5.74, 6) is -0.550. The van der Waals surface area contributed by atoms with Crippen molar-refractivity contribution in [2.24, 2.45) is 7.05 Å². The molecule has 0 aliphatic carbocycles. The standard InChI is InChI=1S/C10H11ClN6O3/c1-15(5-8-6(11)3-13-16(8)2)10(18)9-7(17(19)20)4-12-14-9/h3-4H,5H2,1-2H3,(H,12,14). The summed E-state index contributed by atoms with van der Waals surface area (Å²) in [6, 6.07) is 0. The van der Waals surface area contributed by atoms with Crippen molar-refractivity contribution in [1.82, 2.24) is 24.9 Å². The van der Waals surface area contributed by atoms with Crippen LogP contribution in [0.25, 0.3) is 0 Å². The van der Waals surface area contributed by atoms with E-state index in [9.17, 15) is 14.9 Å². The van der Waals surface area contributed by atoms with Crippen LogP contribution in [0.1, 0.15) is 16.2 Å². The van der Waals surface area contributed by atoms with Gasteiger partial charge in [0.1, 0.15) is 6.20 Å². The van der Waals surface area contributed by atoms with Gasteiger partial charge < -0.3 is 4.90 Å². The van der Waals surface area contributed by atoms with Gasteiger partial charge in [-0.3, -0.25) is 24.7 Å². The number of halogens is 1. The fraction of sp³-hybridized carbons (Fsp3) is 0.300. The molecule has 0 aliphatic rings. The highest BCUT2D eigenvalue weighted by molar-refractivity contribution is 6.31. The molecule has 9 nitrogen and oxygen atoms in total. The molecule has 1 N–H and O–H groups in total. The molecule has 0 unspecified atom stereocenters. The quantitative estimate of drug-likeness (QED) is 0.668. The summed E-state index contributed by atoms with van der Waals surface area (Å²) in [6.07, 6.45) is 2.46. The maximum atomic E-state index is 12.2. The van der Waals surface area contributed by atoms with Crippen molar-refractivity contribution in [2.75, 3.05) is 7.05 Å². The fourth-order valence-corrected chi connectivity index (χ4v) is 1.90. The van der Waals surface area contributed by atoms with Crippen LogP contribution in [0.3, 0.4) is 0 Å². The lowest BCUT2D eigenvalue weighted by Crippen LogP contribution is -2.28. The van der Waals surface area contributed by atoms with Crippen LogP contribution in [0.15, 0.2) is 12.4 Å². The van der Waals surface area contributed by atoms with E-state index in [2.05, 4.69) is 15.3 Å². The van der Waals surface area contributed by atoms with Crippen molar-refractivity contribution in [1.29, 1.82) is 0 Å². The van der Waals surface area contributed by atoms with Crippen molar-refractivity contribution in [3.05, 3.63) is 38.9 Å². The van der Waals surface area contributed by atoms with Crippen molar-refractivity contribution >= 4 is 23.2 Å². The lowest BCUT2D eigenvalue weighted by molar-refractivity contribution is -0.385. The molecule has 0 saturated heterocycles. The molecule has 0 fully saturated rings. The maximum absolute atomic E-state index is 12.2. The van der Waals surface area contributed by atoms with Gasteiger partial charge in [-0.2, -0.15) is 10.2 Å². The van der Waals surface area contributed by atoms with E-state index in [1.807, 2.05) is 0 Å². The monoisotopic (exact) mass is 298 g/mol. The van der Waals surface area contributed by atoms with E-state index in [0.717, 1.165) is 6.20 Å². The molecule has 106 valence electrons. The molecule has 0 aliphatic heterocycles. The Morgan fingerprint density at radius 3 is 2.85 bits per heavy atom. The smallest absolute Gasteiger partial charge is 0.319 e. The molecule has 2 heterocycles. The molecule has 2 rings (SSSR count). The van der Waals surface area contributed by atoms with Crippen molar-refractivity contribution in [2.45, 2.75) is 6.54 Å². The van der Waals surface area contributed by atoms with Crippen LogP contribution in [0, 0.1) is 10.1 Å². The second-order valence-corrected chi connectivity index (χ2v) is 4.52. The van der Waals surface area contributed by atoms with Gasteiger partial charge in [0.15, 0.2) is 0 Å². The summed E-state index contributed by atoms with van der Waals surface area (Å²) in [7, 11) is 3.20. The number of aryl methyl sites for hydroxylation is 1. The first-order chi connectivity index (χ1) is 9.41. The first-order valence-electron chi connectivity index (χ1n) is 5.51. The highest BCUT2D eigenvalue weighted by Gasteiger charge is 2.26. The van der Waals surface area contributed by atoms with Crippen molar-refractivity contribution < 1.29 is 9.72 Å². The van der Waals surface area contributed by atoms with E-state index in [0.29, 0.717) is 10.7 Å². The van der Waals surface area contributed by atoms with Crippen LogP contribution >= 0.6 is 11.6 Å². The minimum Gasteiger partial charge on any atom is -0.334 e. The summed E-state index contributed by atoms with van der Waals surface area (Å²) in [5, 5.41) is 21.0. The number of carbonyl (C=O) groups excluding carboxylic acids is 1. The molecule has 1 amide bonds. The van der Waals surface area contributed by atoms with Gasteiger partial charge in [-0.05, 0) is 0 Å². The van der Waals surface area contributed by atoms with Crippen molar-refractivity contribution in [3.63, 3.8) is 0 Å². The van der Waals surface area contributed by atoms with Gasteiger partial charge in [-0.1, -0.05) is 11.6 Å². The summed E-state index contributed by atoms with van der Waals surface area (Å²) < 4.78 is 1.54. The Balaban J connectivity index is 2.21. The first-order valence-corrected chi connectivity index (χ1v) is 5.89. The number of nitro groups is 1. The molecule has 0 atom stereocenters. The first kappa shape index (κ1) is 14.0. The second kappa shape index (κ2) is 5.29. The predicted molar refractivity (Wildman–Crippen MR) is 69.3 cm³/mol. The third-order valence-corrected chi connectivity index (χ3v) is 3.09. The molecule has 20 heavy (non-hydrogen) atoms. The Bertz CT molecular complexity index is 644. The van der Waals surface area contributed by atoms with Crippen LogP contribution in [-0.4, -0.2) is 42.8 Å². The number of hydrogen-bond donors (Lipinski definition) is 1. The lowest BCUT2D eigenvalue weighted by Gasteiger charge is -2.16. The number of aromatic nitrogens is 4. The van der Waals surface area contributed by atoms with Gasteiger partial charge in [0.2, 0.25) is 5.69 Å². The van der Waals surface area contributed by atoms with Crippen LogP contribution in [0.2, 0.25) is 5.02 Å². The molecular formula is C10H11ClN6O3. The molecule has 0 aromatic carbocycles. The number of hydrogen-bond acceptors (Lipinski definition) is 5. The molecule has 2 aromatic rings. The normalized spacial score (nSPS) is 10.6. The average molecular weight is 299 g/mol. The van der Waals surface area contributed by atoms with E-state index in [-0.39, 0.29) is 17.9 Å². The molecule has 0 radical (unpaired) electrons. The Labute approximate surface area is 118 Å². The topological polar surface area (TPSA) is 110 Å². The number of nitrogens with one attached hydrogen (secondary N) is 1. The third kappa shape index (κ3) is 2.48. The van der Waals surface area contributed by atoms with Gasteiger partial charge >= 0.3 is 5.69 Å². The van der Waals surface area contributed by atoms with E-state index < -0.39 is 10.8 Å². The minimum atomic E-state index is -0.665. The number of carbonyl (C=O) groups is 1. The molecule has 0 saturated carbocycles. The van der Waals surface area contributed by atoms with Gasteiger partial charge in [-0.25, -0.2) is 0 Å². The summed E-state index contributed by atoms with van der Waals surface area (Å²) in [6.45, 7) is 0.171. The van der Waals surface area contributed by atoms with E-state index in [1.165, 1.54) is 22.8 Å². The summed E-state index contributed by atoms with van der Waals surface area (Å²) in [5.41, 5.74) is 0.0958. The number of aromatic amines is 1. The molecule has 0 spiro atoms. The largest absolute Gasteiger partial charge is 0.334 e. The number of H-pyrrole nitrogens is 1. The van der Waals surface area contributed by atoms with Crippen LogP contribution in [0.4, 0.5) is 5.69 Å². The molecule has 2 aromatic heterocycles. The second-order valence-electron chi connectivity index (χ2n) is 4.11. The highest BCUT2D eigenvalue weighted by Crippen LogP contribution is 2.19. The van der Waals surface area contributed by atoms with Gasteiger partial charge in [0, 0.05) is 14.1 Å².